The minimum absolute atomic E-state index is 0.130. The number of nitriles is 2. The molecular weight excluding hydrogens is 276 g/mol. The lowest BCUT2D eigenvalue weighted by Gasteiger charge is -2.07. The van der Waals surface area contributed by atoms with Crippen molar-refractivity contribution in [3.8, 4) is 12.1 Å². The molecule has 0 saturated heterocycles. The van der Waals surface area contributed by atoms with Gasteiger partial charge in [-0.1, -0.05) is 11.6 Å². The highest BCUT2D eigenvalue weighted by molar-refractivity contribution is 7.89. The Morgan fingerprint density at radius 3 is 2.50 bits per heavy atom. The number of nitrogens with one attached hydrogen (secondary N) is 1. The molecule has 1 aromatic rings. The van der Waals surface area contributed by atoms with Crippen molar-refractivity contribution < 1.29 is 8.42 Å². The molecule has 0 fully saturated rings. The summed E-state index contributed by atoms with van der Waals surface area (Å²) in [5.41, 5.74) is -0.0739. The number of primary sulfonamides is 1. The first-order valence-corrected chi connectivity index (χ1v) is 6.40. The van der Waals surface area contributed by atoms with Crippen molar-refractivity contribution >= 4 is 27.3 Å². The summed E-state index contributed by atoms with van der Waals surface area (Å²) in [7, 11) is -3.96. The molecule has 0 heterocycles. The zero-order valence-electron chi connectivity index (χ0n) is 8.88. The predicted octanol–water partition coefficient (Wildman–Crippen LogP) is 1.33. The van der Waals surface area contributed by atoms with Gasteiger partial charge in [-0.15, -0.1) is 0 Å². The van der Waals surface area contributed by atoms with Crippen molar-refractivity contribution in [3.63, 3.8) is 0 Å². The van der Waals surface area contributed by atoms with Gasteiger partial charge >= 0.3 is 0 Å². The molecule has 8 heteroatoms. The largest absolute Gasteiger partial charge is 0.359 e. The Morgan fingerprint density at radius 2 is 2.00 bits per heavy atom. The van der Waals surface area contributed by atoms with Crippen LogP contribution in [0, 0.1) is 22.7 Å². The average Bonchev–Trinajstić information content (AvgIpc) is 2.30. The van der Waals surface area contributed by atoms with E-state index in [4.69, 9.17) is 27.3 Å². The third-order valence-electron chi connectivity index (χ3n) is 1.86. The molecule has 0 aliphatic heterocycles. The lowest BCUT2D eigenvalue weighted by molar-refractivity contribution is 0.598. The van der Waals surface area contributed by atoms with E-state index in [0.29, 0.717) is 0 Å². The van der Waals surface area contributed by atoms with Crippen molar-refractivity contribution in [2.24, 2.45) is 5.14 Å². The van der Waals surface area contributed by atoms with Crippen LogP contribution in [-0.2, 0) is 10.0 Å². The highest BCUT2D eigenvalue weighted by atomic mass is 35.5. The van der Waals surface area contributed by atoms with E-state index in [1.54, 1.807) is 12.1 Å². The Hall–Kier alpha value is -2.06. The number of benzene rings is 1. The third-order valence-corrected chi connectivity index (χ3v) is 3.05. The van der Waals surface area contributed by atoms with Gasteiger partial charge < -0.3 is 5.32 Å². The maximum Gasteiger partial charge on any atom is 0.240 e. The van der Waals surface area contributed by atoms with E-state index in [1.165, 1.54) is 18.2 Å². The van der Waals surface area contributed by atoms with Gasteiger partial charge in [-0.2, -0.15) is 10.5 Å². The van der Waals surface area contributed by atoms with E-state index in [-0.39, 0.29) is 21.2 Å². The standard InChI is InChI=1S/C10H7ClN4O2S/c11-8-1-2-9(10(3-8)18(14,16)17)15-6-7(4-12)5-13/h1-3,6,15H,(H2,14,16,17). The fourth-order valence-corrected chi connectivity index (χ4v) is 2.05. The molecule has 0 bridgehead atoms. The zero-order valence-corrected chi connectivity index (χ0v) is 10.5. The Kier molecular flexibility index (Phi) is 4.29. The molecule has 0 amide bonds. The molecule has 0 aliphatic carbocycles. The summed E-state index contributed by atoms with van der Waals surface area (Å²) in [5.74, 6) is 0. The summed E-state index contributed by atoms with van der Waals surface area (Å²) >= 11 is 5.67. The van der Waals surface area contributed by atoms with E-state index in [9.17, 15) is 8.42 Å². The van der Waals surface area contributed by atoms with Crippen molar-refractivity contribution in [2.75, 3.05) is 5.32 Å². The molecule has 92 valence electrons. The third kappa shape index (κ3) is 3.47. The normalized spacial score (nSPS) is 10.0. The fraction of sp³-hybridized carbons (Fsp3) is 0. The van der Waals surface area contributed by atoms with E-state index >= 15 is 0 Å². The minimum Gasteiger partial charge on any atom is -0.359 e. The monoisotopic (exact) mass is 282 g/mol. The first-order chi connectivity index (χ1) is 8.38. The molecule has 1 aromatic carbocycles. The summed E-state index contributed by atoms with van der Waals surface area (Å²) in [6, 6.07) is 7.25. The van der Waals surface area contributed by atoms with Crippen molar-refractivity contribution in [1.29, 1.82) is 10.5 Å². The van der Waals surface area contributed by atoms with Gasteiger partial charge in [0.05, 0.1) is 5.69 Å². The lowest BCUT2D eigenvalue weighted by Crippen LogP contribution is -2.14. The van der Waals surface area contributed by atoms with Crippen LogP contribution in [-0.4, -0.2) is 8.42 Å². The van der Waals surface area contributed by atoms with Crippen LogP contribution < -0.4 is 10.5 Å². The van der Waals surface area contributed by atoms with E-state index in [2.05, 4.69) is 5.32 Å². The quantitative estimate of drug-likeness (QED) is 0.810. The molecule has 3 N–H and O–H groups in total. The maximum atomic E-state index is 11.3. The molecule has 18 heavy (non-hydrogen) atoms. The molecule has 0 unspecified atom stereocenters. The van der Waals surface area contributed by atoms with Crippen LogP contribution in [0.25, 0.3) is 0 Å². The SMILES string of the molecule is N#CC(C#N)=CNc1ccc(Cl)cc1S(N)(=O)=O. The van der Waals surface area contributed by atoms with Crippen LogP contribution >= 0.6 is 11.6 Å². The van der Waals surface area contributed by atoms with Gasteiger partial charge in [0.15, 0.2) is 0 Å². The summed E-state index contributed by atoms with van der Waals surface area (Å²) in [5, 5.41) is 24.8. The average molecular weight is 283 g/mol. The molecule has 0 aliphatic rings. The summed E-state index contributed by atoms with van der Waals surface area (Å²) < 4.78 is 22.6. The van der Waals surface area contributed by atoms with Crippen LogP contribution in [0.15, 0.2) is 34.9 Å². The first-order valence-electron chi connectivity index (χ1n) is 4.47. The van der Waals surface area contributed by atoms with Gasteiger partial charge in [-0.05, 0) is 18.2 Å². The summed E-state index contributed by atoms with van der Waals surface area (Å²) in [6.07, 6.45) is 1.08. The van der Waals surface area contributed by atoms with Gasteiger partial charge in [-0.25, -0.2) is 13.6 Å². The smallest absolute Gasteiger partial charge is 0.240 e. The number of anilines is 1. The van der Waals surface area contributed by atoms with Crippen LogP contribution in [0.4, 0.5) is 5.69 Å². The number of allylic oxidation sites excluding steroid dienone is 1. The summed E-state index contributed by atoms with van der Waals surface area (Å²) in [6.45, 7) is 0. The van der Waals surface area contributed by atoms with Crippen LogP contribution in [0.5, 0.6) is 0 Å². The van der Waals surface area contributed by atoms with Gasteiger partial charge in [0.1, 0.15) is 22.6 Å². The van der Waals surface area contributed by atoms with Gasteiger partial charge in [0.2, 0.25) is 10.0 Å². The van der Waals surface area contributed by atoms with Crippen molar-refractivity contribution in [1.82, 2.24) is 0 Å². The second-order valence-corrected chi connectivity index (χ2v) is 5.08. The Balaban J connectivity index is 3.24. The predicted molar refractivity (Wildman–Crippen MR) is 65.8 cm³/mol. The van der Waals surface area contributed by atoms with Crippen LogP contribution in [0.1, 0.15) is 0 Å². The van der Waals surface area contributed by atoms with Crippen molar-refractivity contribution in [2.45, 2.75) is 4.90 Å². The number of hydrogen-bond donors (Lipinski definition) is 2. The molecule has 6 nitrogen and oxygen atoms in total. The molecule has 0 atom stereocenters. The van der Waals surface area contributed by atoms with Gasteiger partial charge in [0.25, 0.3) is 0 Å². The number of sulfonamides is 1. The molecule has 0 aromatic heterocycles. The van der Waals surface area contributed by atoms with Crippen molar-refractivity contribution in [3.05, 3.63) is 35.0 Å². The van der Waals surface area contributed by atoms with E-state index in [1.807, 2.05) is 0 Å². The topological polar surface area (TPSA) is 120 Å². The number of hydrogen-bond acceptors (Lipinski definition) is 5. The number of nitrogens with two attached hydrogens (primary N) is 1. The lowest BCUT2D eigenvalue weighted by atomic mass is 10.3. The highest BCUT2D eigenvalue weighted by Crippen LogP contribution is 2.24. The number of halogens is 1. The van der Waals surface area contributed by atoms with Gasteiger partial charge in [-0.3, -0.25) is 0 Å². The minimum atomic E-state index is -3.96. The molecular formula is C10H7ClN4O2S. The molecule has 0 spiro atoms. The van der Waals surface area contributed by atoms with E-state index in [0.717, 1.165) is 6.20 Å². The molecule has 1 rings (SSSR count). The Morgan fingerprint density at radius 1 is 1.39 bits per heavy atom. The summed E-state index contributed by atoms with van der Waals surface area (Å²) in [4.78, 5) is -0.221. The fourth-order valence-electron chi connectivity index (χ4n) is 1.09. The maximum absolute atomic E-state index is 11.3. The molecule has 0 radical (unpaired) electrons. The van der Waals surface area contributed by atoms with E-state index < -0.39 is 10.0 Å². The number of nitrogens with zero attached hydrogens (tertiary/aromatic N) is 2. The Labute approximate surface area is 109 Å². The van der Waals surface area contributed by atoms with Crippen LogP contribution in [0.2, 0.25) is 5.02 Å². The second-order valence-electron chi connectivity index (χ2n) is 3.11. The zero-order chi connectivity index (χ0) is 13.8. The highest BCUT2D eigenvalue weighted by Gasteiger charge is 2.14. The Bertz CT molecular complexity index is 667. The first kappa shape index (κ1) is 14.0. The second kappa shape index (κ2) is 5.52. The number of rotatable bonds is 3. The van der Waals surface area contributed by atoms with Crippen LogP contribution in [0.3, 0.4) is 0 Å². The van der Waals surface area contributed by atoms with Gasteiger partial charge in [0, 0.05) is 11.2 Å². The molecule has 0 saturated carbocycles.